The van der Waals surface area contributed by atoms with E-state index >= 15 is 0 Å². The van der Waals surface area contributed by atoms with Gasteiger partial charge in [-0.1, -0.05) is 41.0 Å². The number of allylic oxidation sites excluding steroid dienone is 7. The maximum atomic E-state index is 12.8. The van der Waals surface area contributed by atoms with Crippen molar-refractivity contribution in [1.29, 1.82) is 0 Å². The molecule has 2 aliphatic rings. The zero-order valence-corrected chi connectivity index (χ0v) is 18.1. The highest BCUT2D eigenvalue weighted by Crippen LogP contribution is 2.53. The molecular weight excluding hydrogens is 348 g/mol. The Labute approximate surface area is 170 Å². The monoisotopic (exact) mass is 386 g/mol. The highest BCUT2D eigenvalue weighted by atomic mass is 16.4. The number of aliphatic hydroxyl groups is 1. The number of carbonyl (C=O) groups is 1. The van der Waals surface area contributed by atoms with E-state index in [2.05, 4.69) is 52.0 Å². The van der Waals surface area contributed by atoms with Gasteiger partial charge < -0.3 is 10.2 Å². The average Bonchev–Trinajstić information content (AvgIpc) is 2.63. The van der Waals surface area contributed by atoms with Crippen LogP contribution in [0.2, 0.25) is 0 Å². The Kier molecular flexibility index (Phi) is 8.30. The molecular formula is C25H38O3. The molecule has 0 aromatic rings. The first-order chi connectivity index (χ1) is 13.3. The Morgan fingerprint density at radius 2 is 1.82 bits per heavy atom. The normalized spacial score (nSPS) is 28.8. The van der Waals surface area contributed by atoms with Crippen LogP contribution in [0.15, 0.2) is 46.6 Å². The first-order valence-electron chi connectivity index (χ1n) is 10.8. The lowest BCUT2D eigenvalue weighted by atomic mass is 9.55. The summed E-state index contributed by atoms with van der Waals surface area (Å²) in [5.41, 5.74) is 4.03. The zero-order valence-electron chi connectivity index (χ0n) is 18.1. The van der Waals surface area contributed by atoms with Crippen molar-refractivity contribution in [2.24, 2.45) is 17.3 Å². The molecule has 0 aliphatic heterocycles. The summed E-state index contributed by atoms with van der Waals surface area (Å²) in [6.07, 6.45) is 15.6. The lowest BCUT2D eigenvalue weighted by Crippen LogP contribution is -2.48. The van der Waals surface area contributed by atoms with Crippen LogP contribution >= 0.6 is 0 Å². The van der Waals surface area contributed by atoms with E-state index in [9.17, 15) is 15.0 Å². The highest BCUT2D eigenvalue weighted by molar-refractivity contribution is 5.76. The Hall–Kier alpha value is -1.61. The van der Waals surface area contributed by atoms with Crippen LogP contribution in [0.4, 0.5) is 0 Å². The third-order valence-corrected chi connectivity index (χ3v) is 6.76. The summed E-state index contributed by atoms with van der Waals surface area (Å²) in [7, 11) is 0. The first-order valence-corrected chi connectivity index (χ1v) is 10.8. The number of fused-ring (bicyclic) bond motifs is 2. The van der Waals surface area contributed by atoms with Gasteiger partial charge in [-0.25, -0.2) is 0 Å². The second kappa shape index (κ2) is 10.2. The smallest absolute Gasteiger partial charge is 0.310 e. The van der Waals surface area contributed by atoms with E-state index in [1.54, 1.807) is 0 Å². The zero-order chi connectivity index (χ0) is 20.7. The highest BCUT2D eigenvalue weighted by Gasteiger charge is 2.52. The molecule has 0 fully saturated rings. The van der Waals surface area contributed by atoms with E-state index in [0.717, 1.165) is 50.5 Å². The van der Waals surface area contributed by atoms with Crippen LogP contribution in [0.25, 0.3) is 0 Å². The predicted octanol–water partition coefficient (Wildman–Crippen LogP) is 6.22. The Morgan fingerprint density at radius 1 is 1.14 bits per heavy atom. The van der Waals surface area contributed by atoms with Gasteiger partial charge in [0, 0.05) is 0 Å². The Balaban J connectivity index is 2.53. The topological polar surface area (TPSA) is 57.5 Å². The molecule has 3 nitrogen and oxygen atoms in total. The van der Waals surface area contributed by atoms with Crippen LogP contribution in [0, 0.1) is 17.3 Å². The van der Waals surface area contributed by atoms with Crippen molar-refractivity contribution < 1.29 is 15.0 Å². The maximum absolute atomic E-state index is 12.8. The van der Waals surface area contributed by atoms with E-state index in [1.807, 2.05) is 0 Å². The van der Waals surface area contributed by atoms with E-state index < -0.39 is 11.4 Å². The first kappa shape index (κ1) is 22.7. The van der Waals surface area contributed by atoms with Crippen molar-refractivity contribution in [1.82, 2.24) is 0 Å². The summed E-state index contributed by atoms with van der Waals surface area (Å²) in [6, 6.07) is 0. The molecule has 2 N–H and O–H groups in total. The van der Waals surface area contributed by atoms with Gasteiger partial charge in [0.1, 0.15) is 0 Å². The molecule has 3 heteroatoms. The van der Waals surface area contributed by atoms with Gasteiger partial charge in [-0.3, -0.25) is 4.79 Å². The number of carboxylic acids is 1. The minimum atomic E-state index is -0.810. The van der Waals surface area contributed by atoms with Crippen molar-refractivity contribution in [2.75, 3.05) is 6.61 Å². The van der Waals surface area contributed by atoms with Crippen molar-refractivity contribution in [3.05, 3.63) is 46.6 Å². The quantitative estimate of drug-likeness (QED) is 0.552. The molecule has 2 aliphatic carbocycles. The summed E-state index contributed by atoms with van der Waals surface area (Å²) in [5, 5.41) is 20.6. The third-order valence-electron chi connectivity index (χ3n) is 6.76. The Morgan fingerprint density at radius 3 is 2.46 bits per heavy atom. The Bertz CT molecular complexity index is 676. The second-order valence-electron chi connectivity index (χ2n) is 9.00. The fourth-order valence-corrected chi connectivity index (χ4v) is 5.06. The summed E-state index contributed by atoms with van der Waals surface area (Å²) >= 11 is 0. The standard InChI is InChI=1S/C25H38O3/c1-18(2)7-6-16-25(24(27)28)22-13-10-19(3)8-5-9-20(4)11-15-23(25)21(17-26)12-14-22/h7,9-10,12,22-23,26H,5-6,8,11,13-17H2,1-4H3,(H,27,28). The van der Waals surface area contributed by atoms with Crippen LogP contribution in [0.1, 0.15) is 79.1 Å². The minimum absolute atomic E-state index is 0.0350. The van der Waals surface area contributed by atoms with Gasteiger partial charge in [0.15, 0.2) is 0 Å². The molecule has 0 heterocycles. The molecule has 0 aromatic carbocycles. The SMILES string of the molecule is CC(C)=CCCC1(C(=O)O)C2CC=C(C)CCC=C(C)CCC1C(CO)=CC2. The van der Waals surface area contributed by atoms with Crippen LogP contribution in [-0.2, 0) is 4.79 Å². The van der Waals surface area contributed by atoms with Gasteiger partial charge in [0.05, 0.1) is 12.0 Å². The van der Waals surface area contributed by atoms with Crippen molar-refractivity contribution >= 4 is 5.97 Å². The predicted molar refractivity (Wildman–Crippen MR) is 116 cm³/mol. The fraction of sp³-hybridized carbons (Fsp3) is 0.640. The molecule has 2 rings (SSSR count). The number of hydrogen-bond donors (Lipinski definition) is 2. The summed E-state index contributed by atoms with van der Waals surface area (Å²) in [5.74, 6) is -0.709. The number of hydrogen-bond acceptors (Lipinski definition) is 2. The summed E-state index contributed by atoms with van der Waals surface area (Å²) in [4.78, 5) is 12.8. The van der Waals surface area contributed by atoms with Gasteiger partial charge in [0.2, 0.25) is 0 Å². The molecule has 3 atom stereocenters. The van der Waals surface area contributed by atoms with E-state index in [-0.39, 0.29) is 18.4 Å². The lowest BCUT2D eigenvalue weighted by molar-refractivity contribution is -0.158. The number of rotatable bonds is 5. The van der Waals surface area contributed by atoms with Crippen molar-refractivity contribution in [3.63, 3.8) is 0 Å². The van der Waals surface area contributed by atoms with Crippen LogP contribution in [0.3, 0.4) is 0 Å². The van der Waals surface area contributed by atoms with Gasteiger partial charge in [0.25, 0.3) is 0 Å². The van der Waals surface area contributed by atoms with E-state index in [0.29, 0.717) is 6.42 Å². The molecule has 2 bridgehead atoms. The van der Waals surface area contributed by atoms with Gasteiger partial charge >= 0.3 is 5.97 Å². The van der Waals surface area contributed by atoms with Crippen LogP contribution in [-0.4, -0.2) is 22.8 Å². The van der Waals surface area contributed by atoms with Gasteiger partial charge in [-0.05, 0) is 96.5 Å². The van der Waals surface area contributed by atoms with Crippen molar-refractivity contribution in [2.45, 2.75) is 79.1 Å². The number of aliphatic hydroxyl groups excluding tert-OH is 1. The largest absolute Gasteiger partial charge is 0.481 e. The summed E-state index contributed by atoms with van der Waals surface area (Å²) < 4.78 is 0. The third kappa shape index (κ3) is 5.26. The molecule has 156 valence electrons. The molecule has 0 saturated carbocycles. The maximum Gasteiger partial charge on any atom is 0.310 e. The molecule has 0 spiro atoms. The second-order valence-corrected chi connectivity index (χ2v) is 9.00. The van der Waals surface area contributed by atoms with E-state index in [1.165, 1.54) is 16.7 Å². The van der Waals surface area contributed by atoms with Crippen LogP contribution < -0.4 is 0 Å². The van der Waals surface area contributed by atoms with Gasteiger partial charge in [-0.2, -0.15) is 0 Å². The molecule has 0 amide bonds. The molecule has 3 unspecified atom stereocenters. The molecule has 0 saturated heterocycles. The van der Waals surface area contributed by atoms with Gasteiger partial charge in [-0.15, -0.1) is 0 Å². The molecule has 0 radical (unpaired) electrons. The lowest BCUT2D eigenvalue weighted by Gasteiger charge is -2.47. The summed E-state index contributed by atoms with van der Waals surface area (Å²) in [6.45, 7) is 8.41. The average molecular weight is 387 g/mol. The molecule has 0 aromatic heterocycles. The molecule has 28 heavy (non-hydrogen) atoms. The minimum Gasteiger partial charge on any atom is -0.481 e. The van der Waals surface area contributed by atoms with E-state index in [4.69, 9.17) is 0 Å². The fourth-order valence-electron chi connectivity index (χ4n) is 5.06. The number of carboxylic acid groups (broad SMARTS) is 1. The number of aliphatic carboxylic acids is 1. The van der Waals surface area contributed by atoms with Crippen molar-refractivity contribution in [3.8, 4) is 0 Å². The van der Waals surface area contributed by atoms with Crippen LogP contribution in [0.5, 0.6) is 0 Å².